The zero-order valence-electron chi connectivity index (χ0n) is 5.89. The third-order valence-corrected chi connectivity index (χ3v) is 1.31. The highest BCUT2D eigenvalue weighted by Gasteiger charge is 2.02. The molecule has 1 aromatic rings. The first kappa shape index (κ1) is 6.99. The van der Waals surface area contributed by atoms with Crippen molar-refractivity contribution in [2.45, 2.75) is 6.92 Å². The fourth-order valence-electron chi connectivity index (χ4n) is 0.715. The maximum atomic E-state index is 12.6. The topological polar surface area (TPSA) is 22.1 Å². The van der Waals surface area contributed by atoms with Gasteiger partial charge in [-0.3, -0.25) is 0 Å². The highest BCUT2D eigenvalue weighted by molar-refractivity contribution is 5.29. The third kappa shape index (κ3) is 1.07. The Bertz CT molecular complexity index is 237. The quantitative estimate of drug-likeness (QED) is 0.553. The molecule has 0 radical (unpaired) electrons. The van der Waals surface area contributed by atoms with Crippen LogP contribution in [0.3, 0.4) is 0 Å². The van der Waals surface area contributed by atoms with E-state index < -0.39 is 5.95 Å². The van der Waals surface area contributed by atoms with Crippen LogP contribution in [0.4, 0.5) is 4.39 Å². The Balaban J connectivity index is 3.14. The lowest BCUT2D eigenvalue weighted by Gasteiger charge is -2.01. The van der Waals surface area contributed by atoms with Crippen LogP contribution in [0.15, 0.2) is 12.3 Å². The molecule has 3 heteroatoms. The van der Waals surface area contributed by atoms with Gasteiger partial charge in [0.05, 0.1) is 7.11 Å². The van der Waals surface area contributed by atoms with Gasteiger partial charge < -0.3 is 4.74 Å². The van der Waals surface area contributed by atoms with Crippen molar-refractivity contribution in [1.82, 2.24) is 4.98 Å². The highest BCUT2D eigenvalue weighted by Crippen LogP contribution is 2.16. The number of nitrogens with zero attached hydrogens (tertiary/aromatic N) is 1. The molecule has 1 rings (SSSR count). The van der Waals surface area contributed by atoms with Crippen molar-refractivity contribution in [2.24, 2.45) is 0 Å². The second-order valence-electron chi connectivity index (χ2n) is 1.93. The van der Waals surface area contributed by atoms with Gasteiger partial charge in [-0.1, -0.05) is 0 Å². The smallest absolute Gasteiger partial charge is 0.219 e. The lowest BCUT2D eigenvalue weighted by molar-refractivity contribution is 0.404. The Morgan fingerprint density at radius 2 is 2.30 bits per heavy atom. The van der Waals surface area contributed by atoms with Gasteiger partial charge in [0.1, 0.15) is 5.75 Å². The molecule has 10 heavy (non-hydrogen) atoms. The third-order valence-electron chi connectivity index (χ3n) is 1.31. The van der Waals surface area contributed by atoms with Crippen molar-refractivity contribution >= 4 is 0 Å². The van der Waals surface area contributed by atoms with Crippen LogP contribution in [0.5, 0.6) is 5.75 Å². The van der Waals surface area contributed by atoms with Crippen LogP contribution in [0.2, 0.25) is 0 Å². The van der Waals surface area contributed by atoms with Gasteiger partial charge >= 0.3 is 0 Å². The monoisotopic (exact) mass is 141 g/mol. The van der Waals surface area contributed by atoms with E-state index in [1.807, 2.05) is 0 Å². The number of halogens is 1. The lowest BCUT2D eigenvalue weighted by Crippen LogP contribution is -1.92. The van der Waals surface area contributed by atoms with Gasteiger partial charge in [-0.2, -0.15) is 4.39 Å². The van der Waals surface area contributed by atoms with Crippen molar-refractivity contribution < 1.29 is 9.13 Å². The Labute approximate surface area is 58.7 Å². The van der Waals surface area contributed by atoms with Gasteiger partial charge in [0.25, 0.3) is 0 Å². The molecule has 54 valence electrons. The van der Waals surface area contributed by atoms with Crippen molar-refractivity contribution in [3.8, 4) is 5.75 Å². The molecule has 0 aliphatic heterocycles. The van der Waals surface area contributed by atoms with Crippen LogP contribution in [0.25, 0.3) is 0 Å². The maximum Gasteiger partial charge on any atom is 0.219 e. The minimum Gasteiger partial charge on any atom is -0.496 e. The summed E-state index contributed by atoms with van der Waals surface area (Å²) in [6.07, 6.45) is 1.38. The molecule has 0 bridgehead atoms. The van der Waals surface area contributed by atoms with Crippen LogP contribution in [-0.4, -0.2) is 12.1 Å². The standard InChI is InChI=1S/C7H8FNO/c1-5-6(10-2)3-4-9-7(5)8/h3-4H,1-2H3. The summed E-state index contributed by atoms with van der Waals surface area (Å²) < 4.78 is 17.4. The first-order valence-electron chi connectivity index (χ1n) is 2.91. The number of hydrogen-bond acceptors (Lipinski definition) is 2. The molecule has 0 spiro atoms. The summed E-state index contributed by atoms with van der Waals surface area (Å²) in [6, 6.07) is 1.62. The lowest BCUT2D eigenvalue weighted by atomic mass is 10.3. The fraction of sp³-hybridized carbons (Fsp3) is 0.286. The Hall–Kier alpha value is -1.12. The molecule has 0 unspecified atom stereocenters. The van der Waals surface area contributed by atoms with Crippen molar-refractivity contribution in [2.75, 3.05) is 7.11 Å². The summed E-state index contributed by atoms with van der Waals surface area (Å²) in [4.78, 5) is 3.44. The van der Waals surface area contributed by atoms with Crippen LogP contribution >= 0.6 is 0 Å². The number of pyridine rings is 1. The van der Waals surface area contributed by atoms with Crippen molar-refractivity contribution in [3.05, 3.63) is 23.8 Å². The van der Waals surface area contributed by atoms with E-state index in [9.17, 15) is 4.39 Å². The zero-order valence-corrected chi connectivity index (χ0v) is 5.89. The molecular formula is C7H8FNO. The summed E-state index contributed by atoms with van der Waals surface area (Å²) in [5, 5.41) is 0. The Kier molecular flexibility index (Phi) is 1.85. The average molecular weight is 141 g/mol. The summed E-state index contributed by atoms with van der Waals surface area (Å²) in [6.45, 7) is 1.63. The zero-order chi connectivity index (χ0) is 7.56. The predicted molar refractivity (Wildman–Crippen MR) is 35.5 cm³/mol. The molecule has 1 aromatic heterocycles. The number of methoxy groups -OCH3 is 1. The summed E-state index contributed by atoms with van der Waals surface area (Å²) in [7, 11) is 1.50. The molecule has 0 aromatic carbocycles. The van der Waals surface area contributed by atoms with E-state index in [4.69, 9.17) is 4.74 Å². The van der Waals surface area contributed by atoms with E-state index >= 15 is 0 Å². The van der Waals surface area contributed by atoms with Crippen LogP contribution in [0.1, 0.15) is 5.56 Å². The first-order chi connectivity index (χ1) is 4.75. The molecule has 0 saturated carbocycles. The van der Waals surface area contributed by atoms with Crippen molar-refractivity contribution in [1.29, 1.82) is 0 Å². The normalized spacial score (nSPS) is 9.50. The number of rotatable bonds is 1. The van der Waals surface area contributed by atoms with Gasteiger partial charge in [0, 0.05) is 11.8 Å². The number of ether oxygens (including phenoxy) is 1. The van der Waals surface area contributed by atoms with Gasteiger partial charge in [0.15, 0.2) is 0 Å². The minimum atomic E-state index is -0.473. The summed E-state index contributed by atoms with van der Waals surface area (Å²) >= 11 is 0. The van der Waals surface area contributed by atoms with Gasteiger partial charge in [0.2, 0.25) is 5.95 Å². The molecular weight excluding hydrogens is 133 g/mol. The van der Waals surface area contributed by atoms with Gasteiger partial charge in [-0.05, 0) is 13.0 Å². The van der Waals surface area contributed by atoms with E-state index in [0.29, 0.717) is 11.3 Å². The summed E-state index contributed by atoms with van der Waals surface area (Å²) in [5.74, 6) is 0.0619. The molecule has 0 saturated heterocycles. The molecule has 0 aliphatic carbocycles. The van der Waals surface area contributed by atoms with E-state index in [1.54, 1.807) is 13.0 Å². The summed E-state index contributed by atoms with van der Waals surface area (Å²) in [5.41, 5.74) is 0.449. The number of hydrogen-bond donors (Lipinski definition) is 0. The van der Waals surface area contributed by atoms with Gasteiger partial charge in [-0.15, -0.1) is 0 Å². The first-order valence-corrected chi connectivity index (χ1v) is 2.91. The van der Waals surface area contributed by atoms with E-state index in [1.165, 1.54) is 13.3 Å². The van der Waals surface area contributed by atoms with Gasteiger partial charge in [-0.25, -0.2) is 4.98 Å². The predicted octanol–water partition coefficient (Wildman–Crippen LogP) is 1.54. The maximum absolute atomic E-state index is 12.6. The molecule has 0 aliphatic rings. The minimum absolute atomic E-state index is 0.449. The molecule has 1 heterocycles. The average Bonchev–Trinajstić information content (AvgIpc) is 1.95. The van der Waals surface area contributed by atoms with Crippen LogP contribution in [0, 0.1) is 12.9 Å². The SMILES string of the molecule is COc1ccnc(F)c1C. The molecule has 0 N–H and O–H groups in total. The van der Waals surface area contributed by atoms with E-state index in [0.717, 1.165) is 0 Å². The van der Waals surface area contributed by atoms with E-state index in [2.05, 4.69) is 4.98 Å². The molecule has 0 fully saturated rings. The highest BCUT2D eigenvalue weighted by atomic mass is 19.1. The Morgan fingerprint density at radius 3 is 2.80 bits per heavy atom. The Morgan fingerprint density at radius 1 is 1.60 bits per heavy atom. The molecule has 2 nitrogen and oxygen atoms in total. The second kappa shape index (κ2) is 2.64. The number of aromatic nitrogens is 1. The largest absolute Gasteiger partial charge is 0.496 e. The molecule has 0 amide bonds. The van der Waals surface area contributed by atoms with E-state index in [-0.39, 0.29) is 0 Å². The fourth-order valence-corrected chi connectivity index (χ4v) is 0.715. The van der Waals surface area contributed by atoms with Crippen molar-refractivity contribution in [3.63, 3.8) is 0 Å². The van der Waals surface area contributed by atoms with Crippen LogP contribution in [-0.2, 0) is 0 Å². The van der Waals surface area contributed by atoms with Crippen LogP contribution < -0.4 is 4.74 Å². The molecule has 0 atom stereocenters. The second-order valence-corrected chi connectivity index (χ2v) is 1.93.